The molecule has 0 heterocycles. The van der Waals surface area contributed by atoms with Crippen LogP contribution in [-0.2, 0) is 28.6 Å². The summed E-state index contributed by atoms with van der Waals surface area (Å²) < 4.78 is 16.9. The molecule has 0 aliphatic carbocycles. The van der Waals surface area contributed by atoms with Gasteiger partial charge < -0.3 is 14.2 Å². The number of hydrogen-bond acceptors (Lipinski definition) is 6. The molecule has 0 unspecified atom stereocenters. The van der Waals surface area contributed by atoms with E-state index in [1.165, 1.54) is 225 Å². The molecule has 0 bridgehead atoms. The second-order valence-electron chi connectivity index (χ2n) is 19.6. The smallest absolute Gasteiger partial charge is 0.306 e. The molecule has 1 atom stereocenters. The van der Waals surface area contributed by atoms with E-state index in [-0.39, 0.29) is 31.1 Å². The Bertz CT molecular complexity index is 993. The van der Waals surface area contributed by atoms with Gasteiger partial charge in [0.05, 0.1) is 0 Å². The van der Waals surface area contributed by atoms with Crippen LogP contribution in [0.25, 0.3) is 0 Å². The number of ether oxygens (including phenoxy) is 3. The molecule has 0 aromatic rings. The van der Waals surface area contributed by atoms with Crippen molar-refractivity contribution in [3.8, 4) is 0 Å². The van der Waals surface area contributed by atoms with Gasteiger partial charge >= 0.3 is 17.9 Å². The Kier molecular flexibility index (Phi) is 52.2. The molecule has 0 saturated heterocycles. The van der Waals surface area contributed by atoms with E-state index in [0.29, 0.717) is 19.3 Å². The van der Waals surface area contributed by atoms with Crippen LogP contribution in [-0.4, -0.2) is 37.2 Å². The number of esters is 3. The quantitative estimate of drug-likeness (QED) is 0.0262. The van der Waals surface area contributed by atoms with Gasteiger partial charge in [0.15, 0.2) is 6.10 Å². The third kappa shape index (κ3) is 51.1. The summed E-state index contributed by atoms with van der Waals surface area (Å²) in [7, 11) is 0. The number of unbranched alkanes of at least 4 members (excludes halogenated alkanes) is 40. The molecule has 378 valence electrons. The fourth-order valence-corrected chi connectivity index (χ4v) is 8.68. The average molecular weight is 904 g/mol. The molecule has 0 fully saturated rings. The fraction of sp³-hybridized carbons (Fsp3) is 0.914. The van der Waals surface area contributed by atoms with E-state index in [1.807, 2.05) is 0 Å². The number of rotatable bonds is 53. The van der Waals surface area contributed by atoms with Crippen molar-refractivity contribution in [3.63, 3.8) is 0 Å². The van der Waals surface area contributed by atoms with Crippen LogP contribution in [0.15, 0.2) is 12.2 Å². The van der Waals surface area contributed by atoms with Gasteiger partial charge in [0.2, 0.25) is 0 Å². The van der Waals surface area contributed by atoms with Crippen molar-refractivity contribution in [2.24, 2.45) is 0 Å². The Morgan fingerprint density at radius 2 is 0.516 bits per heavy atom. The Morgan fingerprint density at radius 3 is 0.781 bits per heavy atom. The van der Waals surface area contributed by atoms with E-state index in [2.05, 4.69) is 32.9 Å². The molecular weight excluding hydrogens is 793 g/mol. The molecule has 0 aromatic carbocycles. The van der Waals surface area contributed by atoms with Gasteiger partial charge in [-0.1, -0.05) is 270 Å². The highest BCUT2D eigenvalue weighted by Gasteiger charge is 2.19. The van der Waals surface area contributed by atoms with Crippen LogP contribution in [0.5, 0.6) is 0 Å². The molecule has 0 amide bonds. The van der Waals surface area contributed by atoms with Gasteiger partial charge in [0.1, 0.15) is 13.2 Å². The minimum absolute atomic E-state index is 0.0653. The SMILES string of the molecule is CCCCCCCC/C=C/CCCCCCCCCC(=O)OC[C@@H](COC(=O)CCCCCCCCCCCCCCC)OC(=O)CCCCCCCCCCCCCCCCCC. The van der Waals surface area contributed by atoms with Crippen molar-refractivity contribution in [1.82, 2.24) is 0 Å². The maximum atomic E-state index is 12.8. The van der Waals surface area contributed by atoms with Crippen LogP contribution in [0.3, 0.4) is 0 Å². The number of hydrogen-bond donors (Lipinski definition) is 0. The predicted octanol–water partition coefficient (Wildman–Crippen LogP) is 18.9. The number of allylic oxidation sites excluding steroid dienone is 2. The second kappa shape index (κ2) is 53.8. The zero-order valence-corrected chi connectivity index (χ0v) is 43.3. The van der Waals surface area contributed by atoms with E-state index < -0.39 is 6.10 Å². The lowest BCUT2D eigenvalue weighted by atomic mass is 10.0. The van der Waals surface area contributed by atoms with Crippen molar-refractivity contribution in [2.75, 3.05) is 13.2 Å². The van der Waals surface area contributed by atoms with Gasteiger partial charge in [0.25, 0.3) is 0 Å². The standard InChI is InChI=1S/C58H110O6/c1-4-7-10-13-16-19-22-25-27-29-31-33-36-39-42-45-48-51-57(60)63-54-55(53-62-56(59)50-47-44-41-38-35-32-24-21-18-15-12-9-6-3)64-58(61)52-49-46-43-40-37-34-30-28-26-23-20-17-14-11-8-5-2/h25,27,55H,4-24,26,28-54H2,1-3H3/b27-25+/t55-/m1/s1. The second-order valence-corrected chi connectivity index (χ2v) is 19.6. The van der Waals surface area contributed by atoms with Gasteiger partial charge in [-0.3, -0.25) is 14.4 Å². The zero-order chi connectivity index (χ0) is 46.5. The summed E-state index contributed by atoms with van der Waals surface area (Å²) in [5.41, 5.74) is 0. The molecular formula is C58H110O6. The van der Waals surface area contributed by atoms with Gasteiger partial charge in [-0.25, -0.2) is 0 Å². The lowest BCUT2D eigenvalue weighted by Crippen LogP contribution is -2.30. The first-order valence-electron chi connectivity index (χ1n) is 28.7. The van der Waals surface area contributed by atoms with Crippen molar-refractivity contribution >= 4 is 17.9 Å². The summed E-state index contributed by atoms with van der Waals surface area (Å²) in [6, 6.07) is 0. The van der Waals surface area contributed by atoms with Crippen LogP contribution in [0.1, 0.15) is 323 Å². The Hall–Kier alpha value is -1.85. The summed E-state index contributed by atoms with van der Waals surface area (Å²) in [6.07, 6.45) is 60.5. The lowest BCUT2D eigenvalue weighted by molar-refractivity contribution is -0.167. The molecule has 0 radical (unpaired) electrons. The predicted molar refractivity (Wildman–Crippen MR) is 275 cm³/mol. The van der Waals surface area contributed by atoms with E-state index in [4.69, 9.17) is 14.2 Å². The summed E-state index contributed by atoms with van der Waals surface area (Å²) >= 11 is 0. The number of carbonyl (C=O) groups excluding carboxylic acids is 3. The average Bonchev–Trinajstić information content (AvgIpc) is 3.29. The monoisotopic (exact) mass is 903 g/mol. The van der Waals surface area contributed by atoms with Gasteiger partial charge in [0, 0.05) is 19.3 Å². The summed E-state index contributed by atoms with van der Waals surface area (Å²) in [5.74, 6) is -0.846. The topological polar surface area (TPSA) is 78.9 Å². The normalized spacial score (nSPS) is 12.0. The molecule has 0 rings (SSSR count). The highest BCUT2D eigenvalue weighted by molar-refractivity contribution is 5.71. The van der Waals surface area contributed by atoms with Crippen molar-refractivity contribution < 1.29 is 28.6 Å². The molecule has 6 nitrogen and oxygen atoms in total. The Balaban J connectivity index is 4.31. The molecule has 0 N–H and O–H groups in total. The molecule has 0 saturated carbocycles. The van der Waals surface area contributed by atoms with E-state index >= 15 is 0 Å². The van der Waals surface area contributed by atoms with Gasteiger partial charge in [-0.2, -0.15) is 0 Å². The van der Waals surface area contributed by atoms with Crippen molar-refractivity contribution in [1.29, 1.82) is 0 Å². The maximum absolute atomic E-state index is 12.8. The van der Waals surface area contributed by atoms with Crippen LogP contribution in [0.2, 0.25) is 0 Å². The first-order valence-corrected chi connectivity index (χ1v) is 28.7. The number of carbonyl (C=O) groups is 3. The molecule has 0 spiro atoms. The van der Waals surface area contributed by atoms with E-state index in [9.17, 15) is 14.4 Å². The van der Waals surface area contributed by atoms with Crippen LogP contribution >= 0.6 is 0 Å². The van der Waals surface area contributed by atoms with Gasteiger partial charge in [-0.05, 0) is 44.9 Å². The van der Waals surface area contributed by atoms with Crippen LogP contribution < -0.4 is 0 Å². The summed E-state index contributed by atoms with van der Waals surface area (Å²) in [5, 5.41) is 0. The minimum Gasteiger partial charge on any atom is -0.462 e. The first kappa shape index (κ1) is 62.1. The minimum atomic E-state index is -0.765. The molecule has 6 heteroatoms. The fourth-order valence-electron chi connectivity index (χ4n) is 8.68. The highest BCUT2D eigenvalue weighted by atomic mass is 16.6. The summed E-state index contributed by atoms with van der Waals surface area (Å²) in [6.45, 7) is 6.69. The first-order chi connectivity index (χ1) is 31.5. The molecule has 64 heavy (non-hydrogen) atoms. The third-order valence-corrected chi connectivity index (χ3v) is 13.0. The van der Waals surface area contributed by atoms with Gasteiger partial charge in [-0.15, -0.1) is 0 Å². The zero-order valence-electron chi connectivity index (χ0n) is 43.3. The maximum Gasteiger partial charge on any atom is 0.306 e. The Labute approximate surface area is 399 Å². The van der Waals surface area contributed by atoms with Crippen molar-refractivity contribution in [2.45, 2.75) is 329 Å². The lowest BCUT2D eigenvalue weighted by Gasteiger charge is -2.18. The van der Waals surface area contributed by atoms with E-state index in [1.54, 1.807) is 0 Å². The van der Waals surface area contributed by atoms with Crippen LogP contribution in [0.4, 0.5) is 0 Å². The van der Waals surface area contributed by atoms with Crippen LogP contribution in [0, 0.1) is 0 Å². The van der Waals surface area contributed by atoms with Crippen molar-refractivity contribution in [3.05, 3.63) is 12.2 Å². The molecule has 0 aliphatic heterocycles. The summed E-state index contributed by atoms with van der Waals surface area (Å²) in [4.78, 5) is 38.1. The highest BCUT2D eigenvalue weighted by Crippen LogP contribution is 2.17. The Morgan fingerprint density at radius 1 is 0.297 bits per heavy atom. The van der Waals surface area contributed by atoms with E-state index in [0.717, 1.165) is 57.8 Å². The molecule has 0 aromatic heterocycles. The molecule has 0 aliphatic rings. The largest absolute Gasteiger partial charge is 0.462 e. The third-order valence-electron chi connectivity index (χ3n) is 13.0.